The Morgan fingerprint density at radius 3 is 2.25 bits per heavy atom. The van der Waals surface area contributed by atoms with E-state index in [0.29, 0.717) is 16.9 Å². The van der Waals surface area contributed by atoms with Crippen LogP contribution in [0.1, 0.15) is 38.3 Å². The Labute approximate surface area is 166 Å². The van der Waals surface area contributed by atoms with Crippen LogP contribution in [0.2, 0.25) is 0 Å². The van der Waals surface area contributed by atoms with Crippen molar-refractivity contribution in [1.82, 2.24) is 0 Å². The molecule has 2 rings (SSSR count). The van der Waals surface area contributed by atoms with Crippen LogP contribution in [0.5, 0.6) is 0 Å². The van der Waals surface area contributed by atoms with Crippen LogP contribution in [-0.4, -0.2) is 27.1 Å². The summed E-state index contributed by atoms with van der Waals surface area (Å²) in [7, 11) is -3.56. The van der Waals surface area contributed by atoms with E-state index < -0.39 is 10.0 Å². The van der Waals surface area contributed by atoms with Crippen LogP contribution in [0.25, 0.3) is 0 Å². The highest BCUT2D eigenvalue weighted by Gasteiger charge is 2.26. The standard InChI is InChI=1S/C21H25N3O3S/c1-21(2,3)18-7-5-6-8-19(18)24(28(4,26)27)14-13-20(25)23-17-11-9-16(15-22)10-12-17/h5-12H,13-14H2,1-4H3,(H,23,25). The predicted octanol–water partition coefficient (Wildman–Crippen LogP) is 3.65. The van der Waals surface area contributed by atoms with Crippen molar-refractivity contribution in [2.45, 2.75) is 32.6 Å². The molecular weight excluding hydrogens is 374 g/mol. The van der Waals surface area contributed by atoms with E-state index in [4.69, 9.17) is 5.26 Å². The summed E-state index contributed by atoms with van der Waals surface area (Å²) < 4.78 is 26.1. The van der Waals surface area contributed by atoms with Crippen LogP contribution in [0.3, 0.4) is 0 Å². The first kappa shape index (κ1) is 21.5. The molecular formula is C21H25N3O3S. The molecule has 148 valence electrons. The molecule has 0 aliphatic heterocycles. The third-order valence-electron chi connectivity index (χ3n) is 4.22. The Morgan fingerprint density at radius 2 is 1.71 bits per heavy atom. The number of para-hydroxylation sites is 1. The summed E-state index contributed by atoms with van der Waals surface area (Å²) in [6, 6.07) is 15.8. The third kappa shape index (κ3) is 5.57. The molecule has 1 N–H and O–H groups in total. The molecule has 0 atom stereocenters. The number of anilines is 2. The number of amides is 1. The Kier molecular flexibility index (Phi) is 6.47. The van der Waals surface area contributed by atoms with Crippen molar-refractivity contribution in [3.8, 4) is 6.07 Å². The van der Waals surface area contributed by atoms with Gasteiger partial charge in [-0.05, 0) is 41.3 Å². The van der Waals surface area contributed by atoms with Gasteiger partial charge in [0.15, 0.2) is 0 Å². The maximum Gasteiger partial charge on any atom is 0.232 e. The van der Waals surface area contributed by atoms with Gasteiger partial charge in [0.05, 0.1) is 23.6 Å². The van der Waals surface area contributed by atoms with Crippen molar-refractivity contribution in [3.63, 3.8) is 0 Å². The zero-order chi connectivity index (χ0) is 20.9. The molecule has 0 saturated heterocycles. The number of sulfonamides is 1. The molecule has 1 amide bonds. The van der Waals surface area contributed by atoms with Crippen LogP contribution in [0, 0.1) is 11.3 Å². The summed E-state index contributed by atoms with van der Waals surface area (Å²) in [6.07, 6.45) is 1.15. The van der Waals surface area contributed by atoms with E-state index in [1.807, 2.05) is 39.0 Å². The highest BCUT2D eigenvalue weighted by Crippen LogP contribution is 2.33. The fourth-order valence-corrected chi connectivity index (χ4v) is 3.78. The monoisotopic (exact) mass is 399 g/mol. The number of benzene rings is 2. The molecule has 0 spiro atoms. The van der Waals surface area contributed by atoms with Gasteiger partial charge in [0, 0.05) is 18.7 Å². The Hall–Kier alpha value is -2.85. The van der Waals surface area contributed by atoms with Crippen LogP contribution < -0.4 is 9.62 Å². The first-order chi connectivity index (χ1) is 13.0. The number of nitrogens with zero attached hydrogens (tertiary/aromatic N) is 2. The summed E-state index contributed by atoms with van der Waals surface area (Å²) in [5.74, 6) is -0.299. The first-order valence-corrected chi connectivity index (χ1v) is 10.7. The Bertz CT molecular complexity index is 985. The highest BCUT2D eigenvalue weighted by atomic mass is 32.2. The van der Waals surface area contributed by atoms with E-state index >= 15 is 0 Å². The second kappa shape index (κ2) is 8.44. The van der Waals surface area contributed by atoms with E-state index in [1.54, 1.807) is 36.4 Å². The van der Waals surface area contributed by atoms with Gasteiger partial charge in [0.25, 0.3) is 0 Å². The Morgan fingerprint density at radius 1 is 1.11 bits per heavy atom. The summed E-state index contributed by atoms with van der Waals surface area (Å²) >= 11 is 0. The number of carbonyl (C=O) groups is 1. The second-order valence-electron chi connectivity index (χ2n) is 7.59. The molecule has 6 nitrogen and oxygen atoms in total. The summed E-state index contributed by atoms with van der Waals surface area (Å²) in [5.41, 5.74) is 2.30. The second-order valence-corrected chi connectivity index (χ2v) is 9.50. The molecule has 0 bridgehead atoms. The number of nitriles is 1. The van der Waals surface area contributed by atoms with E-state index in [1.165, 1.54) is 4.31 Å². The van der Waals surface area contributed by atoms with Crippen molar-refractivity contribution < 1.29 is 13.2 Å². The number of hydrogen-bond acceptors (Lipinski definition) is 4. The molecule has 0 radical (unpaired) electrons. The number of hydrogen-bond donors (Lipinski definition) is 1. The predicted molar refractivity (Wildman–Crippen MR) is 112 cm³/mol. The number of carbonyl (C=O) groups excluding carboxylic acids is 1. The molecule has 0 aliphatic rings. The molecule has 7 heteroatoms. The molecule has 2 aromatic rings. The molecule has 0 fully saturated rings. The molecule has 0 aromatic heterocycles. The van der Waals surface area contributed by atoms with Crippen molar-refractivity contribution in [1.29, 1.82) is 5.26 Å². The van der Waals surface area contributed by atoms with Gasteiger partial charge in [-0.15, -0.1) is 0 Å². The van der Waals surface area contributed by atoms with Crippen molar-refractivity contribution in [2.75, 3.05) is 22.4 Å². The lowest BCUT2D eigenvalue weighted by molar-refractivity contribution is -0.116. The first-order valence-electron chi connectivity index (χ1n) is 8.89. The van der Waals surface area contributed by atoms with Gasteiger partial charge in [-0.2, -0.15) is 5.26 Å². The third-order valence-corrected chi connectivity index (χ3v) is 5.40. The minimum absolute atomic E-state index is 0.00550. The van der Waals surface area contributed by atoms with E-state index in [0.717, 1.165) is 11.8 Å². The van der Waals surface area contributed by atoms with E-state index in [9.17, 15) is 13.2 Å². The minimum Gasteiger partial charge on any atom is -0.326 e. The molecule has 0 unspecified atom stereocenters. The zero-order valence-electron chi connectivity index (χ0n) is 16.6. The fourth-order valence-electron chi connectivity index (χ4n) is 2.84. The average Bonchev–Trinajstić information content (AvgIpc) is 2.61. The van der Waals surface area contributed by atoms with Crippen LogP contribution in [0.4, 0.5) is 11.4 Å². The van der Waals surface area contributed by atoms with Crippen molar-refractivity contribution in [3.05, 3.63) is 59.7 Å². The van der Waals surface area contributed by atoms with Gasteiger partial charge in [0.2, 0.25) is 15.9 Å². The lowest BCUT2D eigenvalue weighted by atomic mass is 9.86. The molecule has 0 aliphatic carbocycles. The summed E-state index contributed by atoms with van der Waals surface area (Å²) in [4.78, 5) is 12.3. The van der Waals surface area contributed by atoms with Gasteiger partial charge in [-0.1, -0.05) is 39.0 Å². The van der Waals surface area contributed by atoms with Crippen molar-refractivity contribution >= 4 is 27.3 Å². The van der Waals surface area contributed by atoms with Gasteiger partial charge in [-0.3, -0.25) is 9.10 Å². The quantitative estimate of drug-likeness (QED) is 0.803. The van der Waals surface area contributed by atoms with E-state index in [-0.39, 0.29) is 24.3 Å². The van der Waals surface area contributed by atoms with E-state index in [2.05, 4.69) is 5.32 Å². The number of nitrogens with one attached hydrogen (secondary N) is 1. The maximum atomic E-state index is 12.4. The SMILES string of the molecule is CC(C)(C)c1ccccc1N(CCC(=O)Nc1ccc(C#N)cc1)S(C)(=O)=O. The largest absolute Gasteiger partial charge is 0.326 e. The van der Waals surface area contributed by atoms with Gasteiger partial charge in [0.1, 0.15) is 0 Å². The van der Waals surface area contributed by atoms with Crippen molar-refractivity contribution in [2.24, 2.45) is 0 Å². The van der Waals surface area contributed by atoms with Gasteiger partial charge in [-0.25, -0.2) is 8.42 Å². The molecule has 2 aromatic carbocycles. The summed E-state index contributed by atoms with van der Waals surface area (Å²) in [5, 5.41) is 11.5. The molecule has 28 heavy (non-hydrogen) atoms. The van der Waals surface area contributed by atoms with Crippen LogP contribution in [-0.2, 0) is 20.2 Å². The molecule has 0 saturated carbocycles. The van der Waals surface area contributed by atoms with Crippen LogP contribution >= 0.6 is 0 Å². The summed E-state index contributed by atoms with van der Waals surface area (Å²) in [6.45, 7) is 6.09. The topological polar surface area (TPSA) is 90.3 Å². The normalized spacial score (nSPS) is 11.5. The van der Waals surface area contributed by atoms with Gasteiger partial charge < -0.3 is 5.32 Å². The zero-order valence-corrected chi connectivity index (χ0v) is 17.4. The molecule has 0 heterocycles. The highest BCUT2D eigenvalue weighted by molar-refractivity contribution is 7.92. The number of rotatable bonds is 6. The smallest absolute Gasteiger partial charge is 0.232 e. The van der Waals surface area contributed by atoms with Gasteiger partial charge >= 0.3 is 0 Å². The lowest BCUT2D eigenvalue weighted by Gasteiger charge is -2.30. The minimum atomic E-state index is -3.56. The Balaban J connectivity index is 2.18. The lowest BCUT2D eigenvalue weighted by Crippen LogP contribution is -2.34. The fraction of sp³-hybridized carbons (Fsp3) is 0.333. The maximum absolute atomic E-state index is 12.4. The average molecular weight is 400 g/mol. The van der Waals surface area contributed by atoms with Crippen LogP contribution in [0.15, 0.2) is 48.5 Å².